The molecule has 2 N–H and O–H groups in total. The van der Waals surface area contributed by atoms with Gasteiger partial charge < -0.3 is 24.6 Å². The van der Waals surface area contributed by atoms with Crippen molar-refractivity contribution in [3.05, 3.63) is 81.1 Å². The van der Waals surface area contributed by atoms with E-state index in [9.17, 15) is 14.7 Å². The highest BCUT2D eigenvalue weighted by molar-refractivity contribution is 6.31. The van der Waals surface area contributed by atoms with Crippen molar-refractivity contribution in [2.24, 2.45) is 0 Å². The number of halogens is 1. The van der Waals surface area contributed by atoms with Crippen LogP contribution in [0.4, 0.5) is 4.79 Å². The molecule has 0 aromatic heterocycles. The van der Waals surface area contributed by atoms with E-state index in [4.69, 9.17) is 25.8 Å². The maximum absolute atomic E-state index is 12.5. The minimum absolute atomic E-state index is 0.0153. The number of nitrogens with one attached hydrogen (secondary N) is 1. The van der Waals surface area contributed by atoms with Crippen LogP contribution in [0.2, 0.25) is 5.02 Å². The zero-order valence-corrected chi connectivity index (χ0v) is 27.0. The van der Waals surface area contributed by atoms with Crippen LogP contribution in [0.3, 0.4) is 0 Å². The molecule has 1 atom stereocenters. The molecule has 0 fully saturated rings. The zero-order valence-electron chi connectivity index (χ0n) is 26.2. The number of carbonyl (C=O) groups excluding carboxylic acids is 2. The van der Waals surface area contributed by atoms with Gasteiger partial charge in [-0.05, 0) is 93.0 Å². The van der Waals surface area contributed by atoms with Gasteiger partial charge in [0.25, 0.3) is 0 Å². The topological polar surface area (TPSA) is 94.1 Å². The lowest BCUT2D eigenvalue weighted by molar-refractivity contribution is -0.142. The molecule has 0 bridgehead atoms. The number of esters is 1. The first-order chi connectivity index (χ1) is 19.5. The van der Waals surface area contributed by atoms with Gasteiger partial charge in [-0.25, -0.2) is 4.79 Å². The Morgan fingerprint density at radius 1 is 1.05 bits per heavy atom. The lowest BCUT2D eigenvalue weighted by Crippen LogP contribution is -2.35. The largest absolute Gasteiger partial charge is 0.507 e. The van der Waals surface area contributed by atoms with Crippen molar-refractivity contribution in [2.75, 3.05) is 6.61 Å². The number of ether oxygens (including phenoxy) is 3. The Bertz CT molecular complexity index is 1400. The van der Waals surface area contributed by atoms with Gasteiger partial charge in [-0.2, -0.15) is 0 Å². The van der Waals surface area contributed by atoms with Gasteiger partial charge in [0.2, 0.25) is 0 Å². The highest BCUT2D eigenvalue weighted by Gasteiger charge is 2.42. The Labute approximate surface area is 254 Å². The van der Waals surface area contributed by atoms with Gasteiger partial charge >= 0.3 is 12.1 Å². The first-order valence-electron chi connectivity index (χ1n) is 14.4. The van der Waals surface area contributed by atoms with Gasteiger partial charge in [0.15, 0.2) is 5.60 Å². The van der Waals surface area contributed by atoms with E-state index in [2.05, 4.69) is 26.1 Å². The van der Waals surface area contributed by atoms with Crippen molar-refractivity contribution in [1.82, 2.24) is 5.32 Å². The van der Waals surface area contributed by atoms with Crippen LogP contribution < -0.4 is 10.1 Å². The molecule has 2 aromatic rings. The smallest absolute Gasteiger partial charge is 0.407 e. The first kappa shape index (κ1) is 33.1. The highest BCUT2D eigenvalue weighted by Crippen LogP contribution is 2.45. The van der Waals surface area contributed by atoms with Gasteiger partial charge in [0, 0.05) is 22.7 Å². The number of aliphatic hydroxyl groups excluding tert-OH is 1. The number of aliphatic hydroxyl groups is 1. The van der Waals surface area contributed by atoms with E-state index in [0.29, 0.717) is 28.3 Å². The molecule has 3 rings (SSSR count). The first-order valence-corrected chi connectivity index (χ1v) is 14.7. The molecule has 42 heavy (non-hydrogen) atoms. The zero-order chi connectivity index (χ0) is 31.5. The van der Waals surface area contributed by atoms with E-state index in [1.807, 2.05) is 71.0 Å². The number of benzene rings is 2. The number of rotatable bonds is 9. The maximum atomic E-state index is 12.5. The Balaban J connectivity index is 2.00. The van der Waals surface area contributed by atoms with Crippen LogP contribution in [0.25, 0.3) is 5.57 Å². The average Bonchev–Trinajstić information content (AvgIpc) is 3.12. The predicted molar refractivity (Wildman–Crippen MR) is 167 cm³/mol. The molecular weight excluding hydrogens is 554 g/mol. The third-order valence-electron chi connectivity index (χ3n) is 7.01. The summed E-state index contributed by atoms with van der Waals surface area (Å²) in [5.74, 6) is 0.135. The Hall–Kier alpha value is -3.45. The Kier molecular flexibility index (Phi) is 10.1. The Morgan fingerprint density at radius 2 is 1.74 bits per heavy atom. The van der Waals surface area contributed by atoms with Crippen molar-refractivity contribution < 1.29 is 28.9 Å². The second-order valence-corrected chi connectivity index (χ2v) is 13.1. The van der Waals surface area contributed by atoms with Gasteiger partial charge in [-0.1, -0.05) is 57.5 Å². The second kappa shape index (κ2) is 12.8. The van der Waals surface area contributed by atoms with Gasteiger partial charge in [0.05, 0.1) is 13.0 Å². The molecule has 2 aromatic carbocycles. The van der Waals surface area contributed by atoms with E-state index in [1.54, 1.807) is 13.0 Å². The molecule has 1 aliphatic rings. The standard InChI is InChI=1S/C34H44ClNO6/c1-10-24-18-25(22-14-12-13-21(15-22)20-36-31(39)42-33(6,7)8)30(38)34(24,9)41-28-19-26(32(3,4)5)27(35)16-23(28)17-29(37)40-11-2/h12-16,18-19,38H,10-11,17,20H2,1-9H3,(H,36,39). The van der Waals surface area contributed by atoms with Crippen molar-refractivity contribution in [1.29, 1.82) is 0 Å². The number of allylic oxidation sites excluding steroid dienone is 2. The molecule has 0 saturated heterocycles. The van der Waals surface area contributed by atoms with Gasteiger partial charge in [-0.15, -0.1) is 0 Å². The van der Waals surface area contributed by atoms with Crippen molar-refractivity contribution in [3.8, 4) is 5.75 Å². The molecule has 0 spiro atoms. The fourth-order valence-corrected chi connectivity index (χ4v) is 5.36. The fraction of sp³-hybridized carbons (Fsp3) is 0.471. The highest BCUT2D eigenvalue weighted by atomic mass is 35.5. The minimum Gasteiger partial charge on any atom is -0.507 e. The summed E-state index contributed by atoms with van der Waals surface area (Å²) in [5, 5.41) is 15.0. The molecule has 1 amide bonds. The molecule has 0 aliphatic heterocycles. The number of hydrogen-bond donors (Lipinski definition) is 2. The van der Waals surface area contributed by atoms with Crippen LogP contribution in [0, 0.1) is 0 Å². The van der Waals surface area contributed by atoms with Crippen molar-refractivity contribution >= 4 is 29.2 Å². The molecule has 1 unspecified atom stereocenters. The van der Waals surface area contributed by atoms with E-state index in [-0.39, 0.29) is 36.7 Å². The number of hydrogen-bond acceptors (Lipinski definition) is 6. The van der Waals surface area contributed by atoms with Crippen LogP contribution in [-0.4, -0.2) is 35.0 Å². The summed E-state index contributed by atoms with van der Waals surface area (Å²) in [5.41, 5.74) is 2.54. The summed E-state index contributed by atoms with van der Waals surface area (Å²) in [6.07, 6.45) is 2.05. The summed E-state index contributed by atoms with van der Waals surface area (Å²) < 4.78 is 17.2. The second-order valence-electron chi connectivity index (χ2n) is 12.6. The average molecular weight is 598 g/mol. The fourth-order valence-electron chi connectivity index (χ4n) is 4.89. The molecular formula is C34H44ClNO6. The van der Waals surface area contributed by atoms with Crippen LogP contribution in [0.1, 0.15) is 91.0 Å². The number of amides is 1. The molecule has 8 heteroatoms. The summed E-state index contributed by atoms with van der Waals surface area (Å²) in [6, 6.07) is 11.2. The van der Waals surface area contributed by atoms with Crippen molar-refractivity contribution in [2.45, 2.75) is 98.3 Å². The quantitative estimate of drug-likeness (QED) is 0.283. The monoisotopic (exact) mass is 597 g/mol. The van der Waals surface area contributed by atoms with Crippen LogP contribution in [-0.2, 0) is 32.6 Å². The molecule has 7 nitrogen and oxygen atoms in total. The van der Waals surface area contributed by atoms with Crippen LogP contribution in [0.15, 0.2) is 53.8 Å². The molecule has 228 valence electrons. The lowest BCUT2D eigenvalue weighted by atomic mass is 9.85. The SMILES string of the molecule is CCOC(=O)Cc1cc(Cl)c(C(C)(C)C)cc1OC1(C)C(CC)=CC(c2cccc(CNC(=O)OC(C)(C)C)c2)=C1O. The van der Waals surface area contributed by atoms with Crippen LogP contribution >= 0.6 is 11.6 Å². The Morgan fingerprint density at radius 3 is 2.33 bits per heavy atom. The number of carbonyl (C=O) groups is 2. The summed E-state index contributed by atoms with van der Waals surface area (Å²) in [6.45, 7) is 17.7. The molecule has 0 radical (unpaired) electrons. The van der Waals surface area contributed by atoms with Crippen molar-refractivity contribution in [3.63, 3.8) is 0 Å². The predicted octanol–water partition coefficient (Wildman–Crippen LogP) is 8.22. The van der Waals surface area contributed by atoms with E-state index < -0.39 is 17.3 Å². The van der Waals surface area contributed by atoms with E-state index in [1.165, 1.54) is 0 Å². The summed E-state index contributed by atoms with van der Waals surface area (Å²) >= 11 is 6.67. The normalized spacial score (nSPS) is 17.1. The molecule has 0 heterocycles. The maximum Gasteiger partial charge on any atom is 0.407 e. The van der Waals surface area contributed by atoms with E-state index in [0.717, 1.165) is 22.3 Å². The third kappa shape index (κ3) is 7.88. The minimum atomic E-state index is -1.18. The van der Waals surface area contributed by atoms with Gasteiger partial charge in [0.1, 0.15) is 17.1 Å². The summed E-state index contributed by atoms with van der Waals surface area (Å²) in [7, 11) is 0. The molecule has 1 aliphatic carbocycles. The van der Waals surface area contributed by atoms with E-state index >= 15 is 0 Å². The van der Waals surface area contributed by atoms with Gasteiger partial charge in [-0.3, -0.25) is 4.79 Å². The summed E-state index contributed by atoms with van der Waals surface area (Å²) in [4.78, 5) is 24.6. The third-order valence-corrected chi connectivity index (χ3v) is 7.32. The molecule has 0 saturated carbocycles. The van der Waals surface area contributed by atoms with Crippen LogP contribution in [0.5, 0.6) is 5.75 Å². The lowest BCUT2D eigenvalue weighted by Gasteiger charge is -2.32. The number of alkyl carbamates (subject to hydrolysis) is 1.